The summed E-state index contributed by atoms with van der Waals surface area (Å²) in [6, 6.07) is 11.6. The standard InChI is InChI=1S/C21H32/c1-3-18(2)20(14-10-11-15-20)21(16-8-5-9-17-21)19-12-6-4-7-13-19/h4,6-7,12-13,18H,3,5,8-11,14-17H2,1-2H3. The van der Waals surface area contributed by atoms with Gasteiger partial charge in [-0.05, 0) is 42.6 Å². The molecule has 0 amide bonds. The van der Waals surface area contributed by atoms with E-state index in [2.05, 4.69) is 44.2 Å². The fraction of sp³-hybridized carbons (Fsp3) is 0.714. The number of hydrogen-bond donors (Lipinski definition) is 0. The Morgan fingerprint density at radius 3 is 2.00 bits per heavy atom. The molecule has 0 bridgehead atoms. The van der Waals surface area contributed by atoms with Gasteiger partial charge in [0.2, 0.25) is 0 Å². The fourth-order valence-corrected chi connectivity index (χ4v) is 5.83. The lowest BCUT2D eigenvalue weighted by Gasteiger charge is -2.55. The fourth-order valence-electron chi connectivity index (χ4n) is 5.83. The van der Waals surface area contributed by atoms with Gasteiger partial charge in [0.15, 0.2) is 0 Å². The molecule has 1 unspecified atom stereocenters. The van der Waals surface area contributed by atoms with E-state index in [1.807, 2.05) is 0 Å². The van der Waals surface area contributed by atoms with Gasteiger partial charge in [0.1, 0.15) is 0 Å². The third-order valence-corrected chi connectivity index (χ3v) is 7.04. The van der Waals surface area contributed by atoms with Crippen molar-refractivity contribution in [3.63, 3.8) is 0 Å². The maximum atomic E-state index is 2.55. The first-order valence-electron chi connectivity index (χ1n) is 9.31. The molecule has 0 heteroatoms. The lowest BCUT2D eigenvalue weighted by molar-refractivity contribution is 0.0195. The second-order valence-corrected chi connectivity index (χ2v) is 7.68. The van der Waals surface area contributed by atoms with E-state index < -0.39 is 0 Å². The minimum Gasteiger partial charge on any atom is -0.0651 e. The highest BCUT2D eigenvalue weighted by Gasteiger charge is 2.55. The van der Waals surface area contributed by atoms with Crippen LogP contribution in [0, 0.1) is 11.3 Å². The zero-order chi connectivity index (χ0) is 14.8. The second-order valence-electron chi connectivity index (χ2n) is 7.68. The van der Waals surface area contributed by atoms with Crippen LogP contribution in [-0.2, 0) is 5.41 Å². The van der Waals surface area contributed by atoms with Crippen molar-refractivity contribution in [3.8, 4) is 0 Å². The van der Waals surface area contributed by atoms with Gasteiger partial charge in [0.05, 0.1) is 0 Å². The van der Waals surface area contributed by atoms with E-state index in [9.17, 15) is 0 Å². The van der Waals surface area contributed by atoms with Gasteiger partial charge in [0, 0.05) is 5.41 Å². The predicted octanol–water partition coefficient (Wildman–Crippen LogP) is 6.50. The van der Waals surface area contributed by atoms with E-state index in [1.165, 1.54) is 64.2 Å². The quantitative estimate of drug-likeness (QED) is 0.592. The van der Waals surface area contributed by atoms with Crippen molar-refractivity contribution in [2.24, 2.45) is 11.3 Å². The van der Waals surface area contributed by atoms with Gasteiger partial charge in [-0.2, -0.15) is 0 Å². The molecule has 2 saturated carbocycles. The number of benzene rings is 1. The monoisotopic (exact) mass is 284 g/mol. The Kier molecular flexibility index (Phi) is 4.43. The normalized spacial score (nSPS) is 25.6. The van der Waals surface area contributed by atoms with Crippen molar-refractivity contribution < 1.29 is 0 Å². The third kappa shape index (κ3) is 2.35. The van der Waals surface area contributed by atoms with Crippen LogP contribution in [-0.4, -0.2) is 0 Å². The Bertz CT molecular complexity index is 432. The Hall–Kier alpha value is -0.780. The first-order chi connectivity index (χ1) is 10.3. The van der Waals surface area contributed by atoms with Crippen LogP contribution >= 0.6 is 0 Å². The van der Waals surface area contributed by atoms with Gasteiger partial charge in [0.25, 0.3) is 0 Å². The van der Waals surface area contributed by atoms with Crippen LogP contribution in [0.15, 0.2) is 30.3 Å². The second kappa shape index (κ2) is 6.15. The summed E-state index contributed by atoms with van der Waals surface area (Å²) in [6.07, 6.45) is 14.4. The highest BCUT2D eigenvalue weighted by atomic mass is 14.6. The Balaban J connectivity index is 2.09. The zero-order valence-electron chi connectivity index (χ0n) is 14.0. The molecule has 116 valence electrons. The lowest BCUT2D eigenvalue weighted by Crippen LogP contribution is -2.49. The molecule has 2 fully saturated rings. The molecular weight excluding hydrogens is 252 g/mol. The molecule has 0 nitrogen and oxygen atoms in total. The van der Waals surface area contributed by atoms with Gasteiger partial charge in [-0.1, -0.05) is 82.7 Å². The smallest absolute Gasteiger partial charge is 0.00119 e. The van der Waals surface area contributed by atoms with Gasteiger partial charge in [-0.15, -0.1) is 0 Å². The summed E-state index contributed by atoms with van der Waals surface area (Å²) in [4.78, 5) is 0. The number of hydrogen-bond acceptors (Lipinski definition) is 0. The van der Waals surface area contributed by atoms with Crippen LogP contribution in [0.3, 0.4) is 0 Å². The topological polar surface area (TPSA) is 0 Å². The molecule has 0 spiro atoms. The highest BCUT2D eigenvalue weighted by molar-refractivity contribution is 5.31. The van der Waals surface area contributed by atoms with Crippen LogP contribution in [0.4, 0.5) is 0 Å². The van der Waals surface area contributed by atoms with Crippen LogP contribution in [0.5, 0.6) is 0 Å². The first kappa shape index (κ1) is 15.1. The lowest BCUT2D eigenvalue weighted by atomic mass is 9.49. The molecule has 0 aliphatic heterocycles. The summed E-state index contributed by atoms with van der Waals surface area (Å²) < 4.78 is 0. The minimum atomic E-state index is 0.471. The minimum absolute atomic E-state index is 0.471. The molecule has 2 aliphatic rings. The highest BCUT2D eigenvalue weighted by Crippen LogP contribution is 2.62. The molecule has 3 rings (SSSR count). The maximum absolute atomic E-state index is 2.55. The molecule has 2 aliphatic carbocycles. The summed E-state index contributed by atoms with van der Waals surface area (Å²) >= 11 is 0. The van der Waals surface area contributed by atoms with Crippen molar-refractivity contribution >= 4 is 0 Å². The van der Waals surface area contributed by atoms with E-state index >= 15 is 0 Å². The third-order valence-electron chi connectivity index (χ3n) is 7.04. The Labute approximate surface area is 131 Å². The van der Waals surface area contributed by atoms with Gasteiger partial charge < -0.3 is 0 Å². The van der Waals surface area contributed by atoms with Gasteiger partial charge in [-0.25, -0.2) is 0 Å². The zero-order valence-corrected chi connectivity index (χ0v) is 14.0. The maximum Gasteiger partial charge on any atom is 0.00119 e. The molecule has 0 radical (unpaired) electrons. The predicted molar refractivity (Wildman–Crippen MR) is 91.6 cm³/mol. The first-order valence-corrected chi connectivity index (χ1v) is 9.31. The molecular formula is C21H32. The van der Waals surface area contributed by atoms with Crippen molar-refractivity contribution in [3.05, 3.63) is 35.9 Å². The average molecular weight is 284 g/mol. The van der Waals surface area contributed by atoms with E-state index in [0.717, 1.165) is 5.92 Å². The van der Waals surface area contributed by atoms with E-state index in [1.54, 1.807) is 5.56 Å². The van der Waals surface area contributed by atoms with E-state index in [-0.39, 0.29) is 0 Å². The molecule has 1 aromatic rings. The molecule has 21 heavy (non-hydrogen) atoms. The average Bonchev–Trinajstić information content (AvgIpc) is 3.07. The van der Waals surface area contributed by atoms with E-state index in [4.69, 9.17) is 0 Å². The number of rotatable bonds is 4. The van der Waals surface area contributed by atoms with Crippen LogP contribution in [0.25, 0.3) is 0 Å². The van der Waals surface area contributed by atoms with Crippen molar-refractivity contribution in [1.82, 2.24) is 0 Å². The van der Waals surface area contributed by atoms with Gasteiger partial charge >= 0.3 is 0 Å². The molecule has 1 atom stereocenters. The summed E-state index contributed by atoms with van der Waals surface area (Å²) in [7, 11) is 0. The Morgan fingerprint density at radius 1 is 0.857 bits per heavy atom. The van der Waals surface area contributed by atoms with Crippen LogP contribution in [0.2, 0.25) is 0 Å². The molecule has 1 aromatic carbocycles. The van der Waals surface area contributed by atoms with Crippen molar-refractivity contribution in [2.75, 3.05) is 0 Å². The molecule has 0 N–H and O–H groups in total. The summed E-state index contributed by atoms with van der Waals surface area (Å²) in [5.74, 6) is 0.860. The Morgan fingerprint density at radius 2 is 1.43 bits per heavy atom. The van der Waals surface area contributed by atoms with Crippen LogP contribution < -0.4 is 0 Å². The SMILES string of the molecule is CCC(C)C1(C2(c3ccccc3)CCCCC2)CCCC1. The van der Waals surface area contributed by atoms with Crippen molar-refractivity contribution in [1.29, 1.82) is 0 Å². The largest absolute Gasteiger partial charge is 0.0651 e. The molecule has 0 saturated heterocycles. The summed E-state index contributed by atoms with van der Waals surface area (Å²) in [5.41, 5.74) is 2.70. The van der Waals surface area contributed by atoms with Crippen LogP contribution in [0.1, 0.15) is 83.6 Å². The summed E-state index contributed by atoms with van der Waals surface area (Å²) in [5, 5.41) is 0. The van der Waals surface area contributed by atoms with Crippen molar-refractivity contribution in [2.45, 2.75) is 83.5 Å². The molecule has 0 aromatic heterocycles. The molecule has 0 heterocycles. The van der Waals surface area contributed by atoms with Gasteiger partial charge in [-0.3, -0.25) is 0 Å². The van der Waals surface area contributed by atoms with E-state index in [0.29, 0.717) is 10.8 Å². The summed E-state index contributed by atoms with van der Waals surface area (Å²) in [6.45, 7) is 4.96.